The molecule has 0 radical (unpaired) electrons. The Bertz CT molecular complexity index is 416. The number of aryl methyl sites for hydroxylation is 2. The van der Waals surface area contributed by atoms with E-state index in [0.717, 1.165) is 24.0 Å². The lowest BCUT2D eigenvalue weighted by Gasteiger charge is -2.15. The molecule has 2 nitrogen and oxygen atoms in total. The Hall–Kier alpha value is -1.57. The van der Waals surface area contributed by atoms with Crippen molar-refractivity contribution >= 4 is 11.5 Å². The average molecular weight is 188 g/mol. The summed E-state index contributed by atoms with van der Waals surface area (Å²) in [6, 6.07) is 5.94. The van der Waals surface area contributed by atoms with Crippen LogP contribution in [0.1, 0.15) is 23.1 Å². The van der Waals surface area contributed by atoms with Crippen molar-refractivity contribution < 1.29 is 9.90 Å². The monoisotopic (exact) mass is 188 g/mol. The molecule has 1 aromatic carbocycles. The molecular weight excluding hydrogens is 176 g/mol. The first-order chi connectivity index (χ1) is 6.68. The van der Waals surface area contributed by atoms with Crippen molar-refractivity contribution in [1.29, 1.82) is 0 Å². The molecule has 0 atom stereocenters. The Morgan fingerprint density at radius 3 is 2.93 bits per heavy atom. The van der Waals surface area contributed by atoms with Gasteiger partial charge in [-0.25, -0.2) is 4.79 Å². The van der Waals surface area contributed by atoms with Crippen molar-refractivity contribution in [1.82, 2.24) is 0 Å². The highest BCUT2D eigenvalue weighted by Crippen LogP contribution is 2.27. The molecule has 0 fully saturated rings. The van der Waals surface area contributed by atoms with Gasteiger partial charge in [-0.05, 0) is 30.9 Å². The quantitative estimate of drug-likeness (QED) is 0.734. The molecule has 0 bridgehead atoms. The summed E-state index contributed by atoms with van der Waals surface area (Å²) in [6.07, 6.45) is 3.59. The zero-order valence-electron chi connectivity index (χ0n) is 8.08. The van der Waals surface area contributed by atoms with Gasteiger partial charge in [0, 0.05) is 0 Å². The normalized spacial score (nSPS) is 14.5. The molecule has 14 heavy (non-hydrogen) atoms. The van der Waals surface area contributed by atoms with Gasteiger partial charge >= 0.3 is 5.97 Å². The van der Waals surface area contributed by atoms with Crippen LogP contribution in [0.2, 0.25) is 0 Å². The van der Waals surface area contributed by atoms with Crippen LogP contribution in [-0.2, 0) is 11.2 Å². The number of carboxylic acids is 1. The summed E-state index contributed by atoms with van der Waals surface area (Å²) in [4.78, 5) is 10.9. The average Bonchev–Trinajstić information content (AvgIpc) is 2.16. The van der Waals surface area contributed by atoms with Gasteiger partial charge in [-0.1, -0.05) is 29.8 Å². The highest BCUT2D eigenvalue weighted by molar-refractivity contribution is 6.16. The van der Waals surface area contributed by atoms with E-state index in [4.69, 9.17) is 5.11 Å². The number of aliphatic carboxylic acids is 1. The fourth-order valence-electron chi connectivity index (χ4n) is 1.88. The Kier molecular flexibility index (Phi) is 2.12. The summed E-state index contributed by atoms with van der Waals surface area (Å²) in [7, 11) is 0. The van der Waals surface area contributed by atoms with Crippen LogP contribution in [0.15, 0.2) is 24.3 Å². The van der Waals surface area contributed by atoms with Crippen molar-refractivity contribution in [2.24, 2.45) is 0 Å². The first-order valence-corrected chi connectivity index (χ1v) is 4.72. The van der Waals surface area contributed by atoms with E-state index in [9.17, 15) is 4.79 Å². The van der Waals surface area contributed by atoms with E-state index in [-0.39, 0.29) is 0 Å². The SMILES string of the molecule is Cc1ccc2c(c1)CCC=C2C(=O)O. The van der Waals surface area contributed by atoms with Crippen molar-refractivity contribution in [2.75, 3.05) is 0 Å². The molecule has 0 unspecified atom stereocenters. The number of allylic oxidation sites excluding steroid dienone is 1. The van der Waals surface area contributed by atoms with E-state index in [1.165, 1.54) is 5.56 Å². The molecule has 0 saturated heterocycles. The number of fused-ring (bicyclic) bond motifs is 1. The van der Waals surface area contributed by atoms with E-state index in [2.05, 4.69) is 6.07 Å². The zero-order valence-corrected chi connectivity index (χ0v) is 8.08. The maximum atomic E-state index is 10.9. The highest BCUT2D eigenvalue weighted by Gasteiger charge is 2.17. The van der Waals surface area contributed by atoms with Gasteiger partial charge in [0.05, 0.1) is 5.57 Å². The lowest BCUT2D eigenvalue weighted by molar-refractivity contribution is -0.130. The lowest BCUT2D eigenvalue weighted by Crippen LogP contribution is -2.07. The number of hydrogen-bond donors (Lipinski definition) is 1. The summed E-state index contributed by atoms with van der Waals surface area (Å²) >= 11 is 0. The van der Waals surface area contributed by atoms with Crippen molar-refractivity contribution in [3.63, 3.8) is 0 Å². The topological polar surface area (TPSA) is 37.3 Å². The first kappa shape index (κ1) is 9.00. The summed E-state index contributed by atoms with van der Waals surface area (Å²) in [5.74, 6) is -0.824. The number of benzene rings is 1. The smallest absolute Gasteiger partial charge is 0.335 e. The lowest BCUT2D eigenvalue weighted by atomic mass is 9.90. The highest BCUT2D eigenvalue weighted by atomic mass is 16.4. The predicted octanol–water partition coefficient (Wildman–Crippen LogP) is 2.41. The zero-order chi connectivity index (χ0) is 10.1. The number of carbonyl (C=O) groups is 1. The van der Waals surface area contributed by atoms with Crippen LogP contribution in [0.5, 0.6) is 0 Å². The summed E-state index contributed by atoms with van der Waals surface area (Å²) < 4.78 is 0. The van der Waals surface area contributed by atoms with Crippen LogP contribution in [-0.4, -0.2) is 11.1 Å². The second-order valence-corrected chi connectivity index (χ2v) is 3.62. The first-order valence-electron chi connectivity index (χ1n) is 4.72. The molecule has 0 spiro atoms. The molecule has 0 aromatic heterocycles. The fourth-order valence-corrected chi connectivity index (χ4v) is 1.88. The van der Waals surface area contributed by atoms with Gasteiger partial charge in [-0.2, -0.15) is 0 Å². The number of rotatable bonds is 1. The molecule has 0 amide bonds. The van der Waals surface area contributed by atoms with E-state index >= 15 is 0 Å². The minimum atomic E-state index is -0.824. The van der Waals surface area contributed by atoms with Crippen molar-refractivity contribution in [3.05, 3.63) is 41.0 Å². The molecular formula is C12H12O2. The van der Waals surface area contributed by atoms with E-state index < -0.39 is 5.97 Å². The maximum absolute atomic E-state index is 10.9. The van der Waals surface area contributed by atoms with Crippen LogP contribution >= 0.6 is 0 Å². The third kappa shape index (κ3) is 1.43. The molecule has 1 aliphatic carbocycles. The molecule has 1 aliphatic rings. The Morgan fingerprint density at radius 2 is 2.21 bits per heavy atom. The van der Waals surface area contributed by atoms with Gasteiger partial charge in [0.15, 0.2) is 0 Å². The minimum Gasteiger partial charge on any atom is -0.478 e. The van der Waals surface area contributed by atoms with Gasteiger partial charge in [0.2, 0.25) is 0 Å². The van der Waals surface area contributed by atoms with Gasteiger partial charge in [0.1, 0.15) is 0 Å². The number of hydrogen-bond acceptors (Lipinski definition) is 1. The molecule has 0 aliphatic heterocycles. The third-order valence-corrected chi connectivity index (χ3v) is 2.54. The predicted molar refractivity (Wildman–Crippen MR) is 55.1 cm³/mol. The summed E-state index contributed by atoms with van der Waals surface area (Å²) in [5.41, 5.74) is 3.68. The second-order valence-electron chi connectivity index (χ2n) is 3.62. The molecule has 0 saturated carbocycles. The summed E-state index contributed by atoms with van der Waals surface area (Å²) in [6.45, 7) is 2.03. The third-order valence-electron chi connectivity index (χ3n) is 2.54. The molecule has 1 aromatic rings. The van der Waals surface area contributed by atoms with E-state index in [0.29, 0.717) is 5.57 Å². The summed E-state index contributed by atoms with van der Waals surface area (Å²) in [5, 5.41) is 8.99. The Labute approximate surface area is 82.9 Å². The van der Waals surface area contributed by atoms with Gasteiger partial charge in [-0.15, -0.1) is 0 Å². The van der Waals surface area contributed by atoms with Crippen LogP contribution in [0.25, 0.3) is 5.57 Å². The largest absolute Gasteiger partial charge is 0.478 e. The molecule has 1 N–H and O–H groups in total. The second kappa shape index (κ2) is 3.29. The van der Waals surface area contributed by atoms with Crippen LogP contribution < -0.4 is 0 Å². The van der Waals surface area contributed by atoms with E-state index in [1.807, 2.05) is 19.1 Å². The standard InChI is InChI=1S/C12H12O2/c1-8-5-6-10-9(7-8)3-2-4-11(10)12(13)14/h4-7H,2-3H2,1H3,(H,13,14). The Balaban J connectivity index is 2.54. The van der Waals surface area contributed by atoms with Gasteiger partial charge in [0.25, 0.3) is 0 Å². The number of carboxylic acid groups (broad SMARTS) is 1. The van der Waals surface area contributed by atoms with Gasteiger partial charge in [-0.3, -0.25) is 0 Å². The van der Waals surface area contributed by atoms with Crippen LogP contribution in [0.3, 0.4) is 0 Å². The maximum Gasteiger partial charge on any atom is 0.335 e. The Morgan fingerprint density at radius 1 is 1.43 bits per heavy atom. The fraction of sp³-hybridized carbons (Fsp3) is 0.250. The molecule has 2 heteroatoms. The van der Waals surface area contributed by atoms with Gasteiger partial charge < -0.3 is 5.11 Å². The minimum absolute atomic E-state index is 0.450. The van der Waals surface area contributed by atoms with Crippen molar-refractivity contribution in [2.45, 2.75) is 19.8 Å². The van der Waals surface area contributed by atoms with E-state index in [1.54, 1.807) is 6.08 Å². The van der Waals surface area contributed by atoms with Crippen LogP contribution in [0, 0.1) is 6.92 Å². The van der Waals surface area contributed by atoms with Crippen molar-refractivity contribution in [3.8, 4) is 0 Å². The molecule has 2 rings (SSSR count). The van der Waals surface area contributed by atoms with Crippen LogP contribution in [0.4, 0.5) is 0 Å². The molecule has 0 heterocycles. The molecule has 72 valence electrons.